The molecule has 0 radical (unpaired) electrons. The fraction of sp³-hybridized carbons (Fsp3) is 0.421. The quantitative estimate of drug-likeness (QED) is 0.102. The Morgan fingerprint density at radius 2 is 1.03 bits per heavy atom. The molecule has 5 aromatic carbocycles. The van der Waals surface area contributed by atoms with Gasteiger partial charge in [-0.3, -0.25) is 0 Å². The molecule has 7 nitrogen and oxygen atoms in total. The average molecular weight is 927 g/mol. The van der Waals surface area contributed by atoms with E-state index in [1.165, 1.54) is 0 Å². The second kappa shape index (κ2) is 19.7. The van der Waals surface area contributed by atoms with Gasteiger partial charge in [-0.15, -0.1) is 11.6 Å². The molecule has 0 amide bonds. The summed E-state index contributed by atoms with van der Waals surface area (Å²) in [5.41, 5.74) is 3.62. The van der Waals surface area contributed by atoms with Gasteiger partial charge in [0.05, 0.1) is 27.1 Å². The van der Waals surface area contributed by atoms with Crippen molar-refractivity contribution in [2.75, 3.05) is 0 Å². The van der Waals surface area contributed by atoms with Crippen LogP contribution in [0.1, 0.15) is 172 Å². The first kappa shape index (κ1) is 51.3. The van der Waals surface area contributed by atoms with Crippen molar-refractivity contribution in [3.8, 4) is 52.7 Å². The number of ether oxygens (including phenoxy) is 4. The largest absolute Gasteiger partial charge is 0.489 e. The van der Waals surface area contributed by atoms with Gasteiger partial charge < -0.3 is 18.9 Å². The third-order valence-corrected chi connectivity index (χ3v) is 13.4. The highest BCUT2D eigenvalue weighted by molar-refractivity contribution is 6.31. The molecule has 66 heavy (non-hydrogen) atoms. The highest BCUT2D eigenvalue weighted by atomic mass is 35.5. The van der Waals surface area contributed by atoms with E-state index in [-0.39, 0.29) is 21.6 Å². The molecule has 0 bridgehead atoms. The number of nitrogens with zero attached hydrogens (tertiary/aromatic N) is 3. The molecular formula is C57H65Cl2N3O4. The van der Waals surface area contributed by atoms with E-state index < -0.39 is 17.1 Å². The van der Waals surface area contributed by atoms with E-state index in [1.807, 2.05) is 87.5 Å². The standard InChI is InChI=1S/C57H65Cl2N3O4/c1-16-56(14,36(4)63-51-30-46(55(11,12)13)52(31-45(51)54(8,9)10)65-48-25-18-21-38(35(3)58)39(48)32-60)42-22-20-26-49(41(42)34-62)64-50-28-27-37(29-44(50)53(5,6)7)66-57(15,17-2)43-23-19-24-47(59)40(43)33-61/h18-31,35-36H,16-17H2,1-15H3. The lowest BCUT2D eigenvalue weighted by Crippen LogP contribution is -2.39. The van der Waals surface area contributed by atoms with Crippen LogP contribution in [0.15, 0.2) is 84.9 Å². The highest BCUT2D eigenvalue weighted by Crippen LogP contribution is 2.47. The van der Waals surface area contributed by atoms with Crippen molar-refractivity contribution in [1.82, 2.24) is 0 Å². The van der Waals surface area contributed by atoms with E-state index in [0.717, 1.165) is 33.6 Å². The van der Waals surface area contributed by atoms with E-state index in [0.29, 0.717) is 68.9 Å². The molecule has 0 fully saturated rings. The normalized spacial score (nSPS) is 14.6. The zero-order valence-electron chi connectivity index (χ0n) is 41.4. The lowest BCUT2D eigenvalue weighted by Gasteiger charge is -2.38. The minimum absolute atomic E-state index is 0.363. The summed E-state index contributed by atoms with van der Waals surface area (Å²) in [5.74, 6) is 3.46. The smallest absolute Gasteiger partial charge is 0.145 e. The Balaban J connectivity index is 1.55. The van der Waals surface area contributed by atoms with Gasteiger partial charge in [-0.25, -0.2) is 0 Å². The number of hydrogen-bond donors (Lipinski definition) is 0. The summed E-state index contributed by atoms with van der Waals surface area (Å²) < 4.78 is 27.3. The molecule has 0 aliphatic carbocycles. The lowest BCUT2D eigenvalue weighted by atomic mass is 9.73. The van der Waals surface area contributed by atoms with E-state index in [1.54, 1.807) is 12.1 Å². The first-order valence-corrected chi connectivity index (χ1v) is 23.5. The zero-order chi connectivity index (χ0) is 49.2. The fourth-order valence-electron chi connectivity index (χ4n) is 8.36. The maximum absolute atomic E-state index is 11.0. The van der Waals surface area contributed by atoms with Crippen molar-refractivity contribution >= 4 is 23.2 Å². The number of rotatable bonds is 14. The van der Waals surface area contributed by atoms with Gasteiger partial charge >= 0.3 is 0 Å². The van der Waals surface area contributed by atoms with Crippen LogP contribution in [0.25, 0.3) is 0 Å². The van der Waals surface area contributed by atoms with Gasteiger partial charge in [-0.05, 0) is 110 Å². The second-order valence-corrected chi connectivity index (χ2v) is 21.7. The van der Waals surface area contributed by atoms with Crippen molar-refractivity contribution in [3.63, 3.8) is 0 Å². The third-order valence-electron chi connectivity index (χ3n) is 12.9. The minimum atomic E-state index is -0.838. The molecule has 4 atom stereocenters. The van der Waals surface area contributed by atoms with Crippen molar-refractivity contribution in [2.24, 2.45) is 0 Å². The monoisotopic (exact) mass is 925 g/mol. The van der Waals surface area contributed by atoms with Crippen LogP contribution in [-0.2, 0) is 27.3 Å². The zero-order valence-corrected chi connectivity index (χ0v) is 42.9. The maximum atomic E-state index is 11.0. The Morgan fingerprint density at radius 1 is 0.530 bits per heavy atom. The first-order valence-electron chi connectivity index (χ1n) is 22.7. The second-order valence-electron chi connectivity index (χ2n) is 20.7. The molecule has 5 aromatic rings. The van der Waals surface area contributed by atoms with E-state index in [2.05, 4.69) is 107 Å². The predicted molar refractivity (Wildman–Crippen MR) is 268 cm³/mol. The van der Waals surface area contributed by atoms with Gasteiger partial charge in [0, 0.05) is 27.7 Å². The molecule has 9 heteroatoms. The Kier molecular flexibility index (Phi) is 15.3. The topological polar surface area (TPSA) is 108 Å². The number of halogens is 2. The average Bonchev–Trinajstić information content (AvgIpc) is 3.25. The van der Waals surface area contributed by atoms with Gasteiger partial charge in [0.15, 0.2) is 0 Å². The molecule has 0 spiro atoms. The Hall–Kier alpha value is -5.65. The summed E-state index contributed by atoms with van der Waals surface area (Å²) in [6.45, 7) is 31.3. The molecule has 0 saturated heterocycles. The molecular weight excluding hydrogens is 862 g/mol. The summed E-state index contributed by atoms with van der Waals surface area (Å²) in [6.07, 6.45) is 0.838. The van der Waals surface area contributed by atoms with Crippen LogP contribution in [0.5, 0.6) is 34.5 Å². The van der Waals surface area contributed by atoms with Crippen molar-refractivity contribution in [3.05, 3.63) is 140 Å². The van der Waals surface area contributed by atoms with Crippen molar-refractivity contribution in [1.29, 1.82) is 15.8 Å². The van der Waals surface area contributed by atoms with Crippen LogP contribution >= 0.6 is 23.2 Å². The molecule has 0 N–H and O–H groups in total. The van der Waals surface area contributed by atoms with E-state index in [9.17, 15) is 15.8 Å². The first-order chi connectivity index (χ1) is 30.8. The summed E-state index contributed by atoms with van der Waals surface area (Å²) >= 11 is 12.9. The number of benzene rings is 5. The summed E-state index contributed by atoms with van der Waals surface area (Å²) in [4.78, 5) is 0. The number of nitriles is 3. The van der Waals surface area contributed by atoms with Gasteiger partial charge in [0.1, 0.15) is 64.4 Å². The highest BCUT2D eigenvalue weighted by Gasteiger charge is 2.39. The number of alkyl halides is 1. The van der Waals surface area contributed by atoms with Crippen molar-refractivity contribution < 1.29 is 18.9 Å². The SMILES string of the molecule is CCC(C)(Oc1ccc(Oc2cccc(C(C)(CC)C(C)Oc3cc(C(C)(C)C)c(Oc4cccc(C(C)Cl)c4C#N)cc3C(C)(C)C)c2C#N)c(C(C)(C)C)c1)c1cccc(Cl)c1C#N. The predicted octanol–water partition coefficient (Wildman–Crippen LogP) is 16.6. The molecule has 5 rings (SSSR count). The van der Waals surface area contributed by atoms with E-state index >= 15 is 0 Å². The van der Waals surface area contributed by atoms with Gasteiger partial charge in [0.2, 0.25) is 0 Å². The summed E-state index contributed by atoms with van der Waals surface area (Å²) in [5, 5.41) is 31.2. The third kappa shape index (κ3) is 10.6. The Bertz CT molecular complexity index is 2720. The van der Waals surface area contributed by atoms with Crippen LogP contribution in [0.2, 0.25) is 5.02 Å². The van der Waals surface area contributed by atoms with E-state index in [4.69, 9.17) is 42.1 Å². The van der Waals surface area contributed by atoms with Crippen molar-refractivity contribution in [2.45, 2.75) is 155 Å². The molecule has 0 saturated carbocycles. The van der Waals surface area contributed by atoms with Gasteiger partial charge in [-0.1, -0.05) is 131 Å². The molecule has 4 unspecified atom stereocenters. The minimum Gasteiger partial charge on any atom is -0.489 e. The number of hydrogen-bond acceptors (Lipinski definition) is 7. The fourth-order valence-corrected chi connectivity index (χ4v) is 8.76. The molecule has 346 valence electrons. The van der Waals surface area contributed by atoms with Crippen LogP contribution < -0.4 is 18.9 Å². The Labute approximate surface area is 404 Å². The van der Waals surface area contributed by atoms with Crippen LogP contribution in [0, 0.1) is 34.0 Å². The van der Waals surface area contributed by atoms with Crippen LogP contribution in [0.4, 0.5) is 0 Å². The maximum Gasteiger partial charge on any atom is 0.145 e. The van der Waals surface area contributed by atoms with Crippen LogP contribution in [-0.4, -0.2) is 6.10 Å². The molecule has 0 aliphatic rings. The lowest BCUT2D eigenvalue weighted by molar-refractivity contribution is 0.0820. The Morgan fingerprint density at radius 3 is 1.58 bits per heavy atom. The van der Waals surface area contributed by atoms with Gasteiger partial charge in [-0.2, -0.15) is 15.8 Å². The molecule has 0 aromatic heterocycles. The van der Waals surface area contributed by atoms with Gasteiger partial charge in [0.25, 0.3) is 0 Å². The summed E-state index contributed by atoms with van der Waals surface area (Å²) in [7, 11) is 0. The molecule has 0 aliphatic heterocycles. The van der Waals surface area contributed by atoms with Crippen LogP contribution in [0.3, 0.4) is 0 Å². The molecule has 0 heterocycles. The summed E-state index contributed by atoms with van der Waals surface area (Å²) in [6, 6.07) is 33.7.